The van der Waals surface area contributed by atoms with Gasteiger partial charge >= 0.3 is 6.09 Å². The van der Waals surface area contributed by atoms with E-state index >= 15 is 4.39 Å². The fraction of sp³-hybridized carbons (Fsp3) is 0.214. The van der Waals surface area contributed by atoms with Crippen molar-refractivity contribution in [3.63, 3.8) is 0 Å². The van der Waals surface area contributed by atoms with Crippen LogP contribution in [0.3, 0.4) is 0 Å². The number of carboxylic acid groups (broad SMARTS) is 1. The van der Waals surface area contributed by atoms with Crippen LogP contribution in [0.15, 0.2) is 72.9 Å². The van der Waals surface area contributed by atoms with Gasteiger partial charge in [-0.25, -0.2) is 14.2 Å². The predicted octanol–water partition coefficient (Wildman–Crippen LogP) is 6.32. The number of pyridine rings is 2. The molecule has 37 heavy (non-hydrogen) atoms. The van der Waals surface area contributed by atoms with Crippen LogP contribution in [0.2, 0.25) is 0 Å². The van der Waals surface area contributed by atoms with Crippen LogP contribution in [0.25, 0.3) is 10.9 Å². The molecule has 0 aliphatic carbocycles. The van der Waals surface area contributed by atoms with Gasteiger partial charge in [0.05, 0.1) is 17.1 Å². The molecule has 9 heteroatoms. The topological polar surface area (TPSA) is 114 Å². The maximum Gasteiger partial charge on any atom is 0.407 e. The van der Waals surface area contributed by atoms with Gasteiger partial charge in [0.25, 0.3) is 0 Å². The number of hydrogen-bond donors (Lipinski definition) is 3. The lowest BCUT2D eigenvalue weighted by Gasteiger charge is -2.36. The highest BCUT2D eigenvalue weighted by Gasteiger charge is 2.30. The van der Waals surface area contributed by atoms with Crippen LogP contribution < -0.4 is 10.6 Å². The largest absolute Gasteiger partial charge is 0.465 e. The molecule has 0 aliphatic heterocycles. The maximum absolute atomic E-state index is 15.1. The van der Waals surface area contributed by atoms with E-state index in [1.807, 2.05) is 60.7 Å². The van der Waals surface area contributed by atoms with Gasteiger partial charge in [-0.1, -0.05) is 36.4 Å². The number of aromatic nitrogens is 2. The second-order valence-corrected chi connectivity index (χ2v) is 9.53. The average Bonchev–Trinajstić information content (AvgIpc) is 2.87. The van der Waals surface area contributed by atoms with Crippen molar-refractivity contribution < 1.29 is 14.3 Å². The summed E-state index contributed by atoms with van der Waals surface area (Å²) in [5, 5.41) is 26.5. The third-order valence-corrected chi connectivity index (χ3v) is 5.88. The Labute approximate surface area is 214 Å². The van der Waals surface area contributed by atoms with Crippen molar-refractivity contribution >= 4 is 34.3 Å². The number of carbonyl (C=O) groups is 1. The van der Waals surface area contributed by atoms with Gasteiger partial charge in [-0.2, -0.15) is 5.26 Å². The Hall–Kier alpha value is -4.71. The predicted molar refractivity (Wildman–Crippen MR) is 141 cm³/mol. The zero-order valence-electron chi connectivity index (χ0n) is 20.7. The minimum absolute atomic E-state index is 0.0347. The number of anilines is 3. The van der Waals surface area contributed by atoms with Crippen molar-refractivity contribution in [2.75, 3.05) is 17.2 Å². The first-order valence-corrected chi connectivity index (χ1v) is 11.7. The van der Waals surface area contributed by atoms with Gasteiger partial charge < -0.3 is 20.6 Å². The monoisotopic (exact) mass is 498 g/mol. The summed E-state index contributed by atoms with van der Waals surface area (Å²) in [5.41, 5.74) is 1.59. The molecular weight excluding hydrogens is 471 g/mol. The summed E-state index contributed by atoms with van der Waals surface area (Å²) < 4.78 is 15.1. The Balaban J connectivity index is 1.70. The van der Waals surface area contributed by atoms with Crippen LogP contribution in [-0.2, 0) is 0 Å². The van der Waals surface area contributed by atoms with Gasteiger partial charge in [0.15, 0.2) is 17.5 Å². The molecule has 1 unspecified atom stereocenters. The molecule has 188 valence electrons. The highest BCUT2D eigenvalue weighted by Crippen LogP contribution is 2.29. The Morgan fingerprint density at radius 1 is 1.11 bits per heavy atom. The summed E-state index contributed by atoms with van der Waals surface area (Å²) in [6, 6.07) is 20.9. The smallest absolute Gasteiger partial charge is 0.407 e. The third kappa shape index (κ3) is 5.93. The molecule has 8 nitrogen and oxygen atoms in total. The summed E-state index contributed by atoms with van der Waals surface area (Å²) in [6.45, 7) is 5.44. The van der Waals surface area contributed by atoms with E-state index < -0.39 is 23.5 Å². The molecule has 0 spiro atoms. The van der Waals surface area contributed by atoms with Crippen LogP contribution in [0.4, 0.5) is 26.5 Å². The summed E-state index contributed by atoms with van der Waals surface area (Å²) >= 11 is 0. The number of amides is 1. The van der Waals surface area contributed by atoms with E-state index in [1.165, 1.54) is 4.90 Å². The molecular formula is C28H27FN6O2. The number of halogens is 1. The van der Waals surface area contributed by atoms with Crippen LogP contribution >= 0.6 is 0 Å². The molecule has 1 atom stereocenters. The molecule has 0 radical (unpaired) electrons. The lowest BCUT2D eigenvalue weighted by atomic mass is 10.0. The van der Waals surface area contributed by atoms with E-state index in [4.69, 9.17) is 0 Å². The number of nitrogens with zero attached hydrogens (tertiary/aromatic N) is 4. The summed E-state index contributed by atoms with van der Waals surface area (Å²) in [7, 11) is 0. The first kappa shape index (κ1) is 25.4. The van der Waals surface area contributed by atoms with Crippen molar-refractivity contribution in [3.05, 3.63) is 89.9 Å². The standard InChI is InChI=1S/C28H27FN6O2/c1-28(2,3)35(27(36)37)17-24(18-8-5-4-6-9-18)33-26-22(29)15-20(16-30)25(34-26)32-21-11-12-23-19(14-21)10-7-13-31-23/h4-15,24H,17H2,1-3H3,(H,36,37)(H2,32,33,34). The van der Waals surface area contributed by atoms with Gasteiger partial charge in [-0.3, -0.25) is 4.98 Å². The van der Waals surface area contributed by atoms with Crippen molar-refractivity contribution in [1.82, 2.24) is 14.9 Å². The first-order valence-electron chi connectivity index (χ1n) is 11.7. The van der Waals surface area contributed by atoms with Crippen LogP contribution in [0, 0.1) is 17.1 Å². The van der Waals surface area contributed by atoms with Gasteiger partial charge in [0.2, 0.25) is 0 Å². The van der Waals surface area contributed by atoms with Crippen LogP contribution in [-0.4, -0.2) is 38.2 Å². The molecule has 2 aromatic heterocycles. The molecule has 0 aliphatic rings. The number of fused-ring (bicyclic) bond motifs is 1. The fourth-order valence-corrected chi connectivity index (χ4v) is 3.97. The molecule has 2 aromatic carbocycles. The molecule has 0 bridgehead atoms. The molecule has 1 amide bonds. The number of benzene rings is 2. The highest BCUT2D eigenvalue weighted by molar-refractivity contribution is 5.83. The zero-order chi connectivity index (χ0) is 26.6. The van der Waals surface area contributed by atoms with E-state index in [1.54, 1.807) is 33.0 Å². The number of nitriles is 1. The van der Waals surface area contributed by atoms with E-state index in [2.05, 4.69) is 20.6 Å². The third-order valence-electron chi connectivity index (χ3n) is 5.88. The quantitative estimate of drug-likeness (QED) is 0.273. The molecule has 2 heterocycles. The number of rotatable bonds is 7. The summed E-state index contributed by atoms with van der Waals surface area (Å²) in [6.07, 6.45) is 0.619. The Morgan fingerprint density at radius 2 is 1.86 bits per heavy atom. The second kappa shape index (κ2) is 10.5. The van der Waals surface area contributed by atoms with E-state index in [-0.39, 0.29) is 23.7 Å². The van der Waals surface area contributed by atoms with Gasteiger partial charge in [0.1, 0.15) is 6.07 Å². The fourth-order valence-electron chi connectivity index (χ4n) is 3.97. The van der Waals surface area contributed by atoms with E-state index in [0.717, 1.165) is 22.5 Å². The maximum atomic E-state index is 15.1. The Kier molecular flexibility index (Phi) is 7.20. The van der Waals surface area contributed by atoms with Crippen LogP contribution in [0.1, 0.15) is 37.9 Å². The molecule has 3 N–H and O–H groups in total. The Bertz CT molecular complexity index is 1460. The minimum atomic E-state index is -1.09. The Morgan fingerprint density at radius 3 is 2.54 bits per heavy atom. The molecule has 0 saturated carbocycles. The molecule has 0 saturated heterocycles. The molecule has 4 rings (SSSR count). The average molecular weight is 499 g/mol. The lowest BCUT2D eigenvalue weighted by Crippen LogP contribution is -2.48. The van der Waals surface area contributed by atoms with Gasteiger partial charge in [-0.15, -0.1) is 0 Å². The van der Waals surface area contributed by atoms with Gasteiger partial charge in [0, 0.05) is 29.4 Å². The number of nitrogens with one attached hydrogen (secondary N) is 2. The normalized spacial score (nSPS) is 12.0. The van der Waals surface area contributed by atoms with Crippen LogP contribution in [0.5, 0.6) is 0 Å². The zero-order valence-corrected chi connectivity index (χ0v) is 20.7. The van der Waals surface area contributed by atoms with E-state index in [9.17, 15) is 15.2 Å². The number of hydrogen-bond acceptors (Lipinski definition) is 6. The first-order chi connectivity index (χ1) is 17.7. The minimum Gasteiger partial charge on any atom is -0.465 e. The lowest BCUT2D eigenvalue weighted by molar-refractivity contribution is 0.0974. The van der Waals surface area contributed by atoms with Crippen molar-refractivity contribution in [2.24, 2.45) is 0 Å². The van der Waals surface area contributed by atoms with E-state index in [0.29, 0.717) is 5.69 Å². The van der Waals surface area contributed by atoms with Gasteiger partial charge in [-0.05, 0) is 56.7 Å². The summed E-state index contributed by atoms with van der Waals surface area (Å²) in [5.74, 6) is -0.646. The second-order valence-electron chi connectivity index (χ2n) is 9.53. The van der Waals surface area contributed by atoms with Crippen molar-refractivity contribution in [3.8, 4) is 6.07 Å². The van der Waals surface area contributed by atoms with Crippen molar-refractivity contribution in [1.29, 1.82) is 5.26 Å². The SMILES string of the molecule is CC(C)(C)N(CC(Nc1nc(Nc2ccc3ncccc3c2)c(C#N)cc1F)c1ccccc1)C(=O)O. The highest BCUT2D eigenvalue weighted by atomic mass is 19.1. The van der Waals surface area contributed by atoms with Crippen molar-refractivity contribution in [2.45, 2.75) is 32.4 Å². The molecule has 0 fully saturated rings. The molecule has 4 aromatic rings. The summed E-state index contributed by atoms with van der Waals surface area (Å²) in [4.78, 5) is 22.0.